The van der Waals surface area contributed by atoms with E-state index in [-0.39, 0.29) is 12.3 Å². The molecule has 0 unspecified atom stereocenters. The molecule has 0 aliphatic heterocycles. The molecule has 0 bridgehead atoms. The first kappa shape index (κ1) is 11.9. The highest BCUT2D eigenvalue weighted by atomic mass is 19.1. The van der Waals surface area contributed by atoms with E-state index in [1.165, 1.54) is 0 Å². The third kappa shape index (κ3) is 4.25. The Morgan fingerprint density at radius 1 is 1.13 bits per heavy atom. The Bertz CT molecular complexity index is 305. The Balaban J connectivity index is 2.33. The zero-order chi connectivity index (χ0) is 11.1. The number of halogens is 2. The summed E-state index contributed by atoms with van der Waals surface area (Å²) in [6, 6.07) is 3.33. The molecule has 0 saturated heterocycles. The van der Waals surface area contributed by atoms with Gasteiger partial charge in [0.25, 0.3) is 0 Å². The number of hydrogen-bond donors (Lipinski definition) is 2. The number of aliphatic hydroxyl groups excluding tert-OH is 1. The molecule has 4 heteroatoms. The Hall–Kier alpha value is -1.16. The summed E-state index contributed by atoms with van der Waals surface area (Å²) in [6.45, 7) is 0.759. The van der Waals surface area contributed by atoms with Crippen molar-refractivity contribution in [3.63, 3.8) is 0 Å². The van der Waals surface area contributed by atoms with Gasteiger partial charge < -0.3 is 10.4 Å². The second kappa shape index (κ2) is 6.35. The first-order valence-corrected chi connectivity index (χ1v) is 5.04. The highest BCUT2D eigenvalue weighted by Crippen LogP contribution is 2.15. The van der Waals surface area contributed by atoms with E-state index < -0.39 is 11.6 Å². The van der Waals surface area contributed by atoms with E-state index in [2.05, 4.69) is 5.32 Å². The van der Waals surface area contributed by atoms with Gasteiger partial charge in [0.15, 0.2) is 0 Å². The van der Waals surface area contributed by atoms with Crippen LogP contribution < -0.4 is 5.32 Å². The second-order valence-corrected chi connectivity index (χ2v) is 3.34. The minimum atomic E-state index is -0.450. The Morgan fingerprint density at radius 3 is 2.67 bits per heavy atom. The quantitative estimate of drug-likeness (QED) is 0.715. The van der Waals surface area contributed by atoms with Crippen LogP contribution >= 0.6 is 0 Å². The maximum Gasteiger partial charge on any atom is 0.146 e. The predicted octanol–water partition coefficient (Wildman–Crippen LogP) is 2.54. The fourth-order valence-corrected chi connectivity index (χ4v) is 1.27. The summed E-state index contributed by atoms with van der Waals surface area (Å²) >= 11 is 0. The molecule has 1 rings (SSSR count). The van der Waals surface area contributed by atoms with Crippen LogP contribution in [0.2, 0.25) is 0 Å². The lowest BCUT2D eigenvalue weighted by atomic mass is 10.2. The van der Waals surface area contributed by atoms with Crippen LogP contribution in [0.25, 0.3) is 0 Å². The summed E-state index contributed by atoms with van der Waals surface area (Å²) in [7, 11) is 0. The van der Waals surface area contributed by atoms with Gasteiger partial charge in [-0.2, -0.15) is 0 Å². The first-order chi connectivity index (χ1) is 7.24. The molecule has 0 aliphatic carbocycles. The lowest BCUT2D eigenvalue weighted by Crippen LogP contribution is -2.04. The van der Waals surface area contributed by atoms with Gasteiger partial charge in [-0.3, -0.25) is 0 Å². The van der Waals surface area contributed by atoms with E-state index in [9.17, 15) is 8.78 Å². The minimum Gasteiger partial charge on any atom is -0.396 e. The van der Waals surface area contributed by atoms with Crippen LogP contribution in [0.5, 0.6) is 0 Å². The topological polar surface area (TPSA) is 32.3 Å². The van der Waals surface area contributed by atoms with E-state index in [0.29, 0.717) is 6.54 Å². The van der Waals surface area contributed by atoms with Crippen molar-refractivity contribution in [3.8, 4) is 0 Å². The van der Waals surface area contributed by atoms with Gasteiger partial charge in [0.05, 0.1) is 5.69 Å². The molecular weight excluding hydrogens is 200 g/mol. The fourth-order valence-electron chi connectivity index (χ4n) is 1.27. The van der Waals surface area contributed by atoms with Crippen molar-refractivity contribution < 1.29 is 13.9 Å². The number of aliphatic hydroxyl groups is 1. The van der Waals surface area contributed by atoms with Crippen molar-refractivity contribution in [1.29, 1.82) is 0 Å². The van der Waals surface area contributed by atoms with Crippen molar-refractivity contribution in [1.82, 2.24) is 0 Å². The molecule has 84 valence electrons. The molecule has 0 aliphatic rings. The zero-order valence-electron chi connectivity index (χ0n) is 8.47. The average Bonchev–Trinajstić information content (AvgIpc) is 2.23. The third-order valence-electron chi connectivity index (χ3n) is 2.08. The molecule has 0 heterocycles. The van der Waals surface area contributed by atoms with Crippen LogP contribution in [0.4, 0.5) is 14.5 Å². The van der Waals surface area contributed by atoms with Crippen molar-refractivity contribution in [2.75, 3.05) is 18.5 Å². The summed E-state index contributed by atoms with van der Waals surface area (Å²) in [5, 5.41) is 11.3. The van der Waals surface area contributed by atoms with Crippen LogP contribution in [0.15, 0.2) is 18.2 Å². The van der Waals surface area contributed by atoms with Gasteiger partial charge >= 0.3 is 0 Å². The van der Waals surface area contributed by atoms with E-state index >= 15 is 0 Å². The van der Waals surface area contributed by atoms with E-state index in [1.807, 2.05) is 0 Å². The second-order valence-electron chi connectivity index (χ2n) is 3.34. The Labute approximate surface area is 87.9 Å². The highest BCUT2D eigenvalue weighted by molar-refractivity contribution is 5.44. The van der Waals surface area contributed by atoms with Crippen molar-refractivity contribution >= 4 is 5.69 Å². The van der Waals surface area contributed by atoms with Crippen LogP contribution in [0.1, 0.15) is 19.3 Å². The standard InChI is InChI=1S/C11H15F2NO/c12-9-4-5-10(13)11(8-9)14-6-2-1-3-7-15/h4-5,8,14-15H,1-3,6-7H2. The molecule has 0 fully saturated rings. The third-order valence-corrected chi connectivity index (χ3v) is 2.08. The van der Waals surface area contributed by atoms with E-state index in [1.54, 1.807) is 0 Å². The summed E-state index contributed by atoms with van der Waals surface area (Å²) in [5.74, 6) is -0.896. The molecule has 1 aromatic rings. The molecule has 0 aromatic heterocycles. The normalized spacial score (nSPS) is 10.3. The molecule has 0 atom stereocenters. The maximum atomic E-state index is 13.1. The fraction of sp³-hybridized carbons (Fsp3) is 0.455. The lowest BCUT2D eigenvalue weighted by Gasteiger charge is -2.06. The molecule has 2 N–H and O–H groups in total. The molecule has 0 radical (unpaired) electrons. The van der Waals surface area contributed by atoms with Crippen LogP contribution in [-0.2, 0) is 0 Å². The van der Waals surface area contributed by atoms with Gasteiger partial charge in [-0.15, -0.1) is 0 Å². The van der Waals surface area contributed by atoms with Gasteiger partial charge in [-0.25, -0.2) is 8.78 Å². The maximum absolute atomic E-state index is 13.1. The largest absolute Gasteiger partial charge is 0.396 e. The molecule has 0 amide bonds. The van der Waals surface area contributed by atoms with Gasteiger partial charge in [0.2, 0.25) is 0 Å². The SMILES string of the molecule is OCCCCCNc1cc(F)ccc1F. The number of rotatable bonds is 6. The number of hydrogen-bond acceptors (Lipinski definition) is 2. The van der Waals surface area contributed by atoms with Crippen molar-refractivity contribution in [3.05, 3.63) is 29.8 Å². The summed E-state index contributed by atoms with van der Waals surface area (Å²) in [4.78, 5) is 0. The van der Waals surface area contributed by atoms with Crippen molar-refractivity contribution in [2.45, 2.75) is 19.3 Å². The number of unbranched alkanes of at least 4 members (excludes halogenated alkanes) is 2. The van der Waals surface area contributed by atoms with Crippen LogP contribution in [0.3, 0.4) is 0 Å². The monoisotopic (exact) mass is 215 g/mol. The van der Waals surface area contributed by atoms with Gasteiger partial charge in [0.1, 0.15) is 11.6 Å². The van der Waals surface area contributed by atoms with Gasteiger partial charge in [0, 0.05) is 13.2 Å². The highest BCUT2D eigenvalue weighted by Gasteiger charge is 2.02. The van der Waals surface area contributed by atoms with Crippen molar-refractivity contribution in [2.24, 2.45) is 0 Å². The van der Waals surface area contributed by atoms with Crippen LogP contribution in [-0.4, -0.2) is 18.3 Å². The first-order valence-electron chi connectivity index (χ1n) is 5.04. The lowest BCUT2D eigenvalue weighted by molar-refractivity contribution is 0.283. The number of benzene rings is 1. The number of nitrogens with one attached hydrogen (secondary N) is 1. The predicted molar refractivity (Wildman–Crippen MR) is 55.8 cm³/mol. The minimum absolute atomic E-state index is 0.175. The molecule has 2 nitrogen and oxygen atoms in total. The summed E-state index contributed by atoms with van der Waals surface area (Å²) < 4.78 is 25.8. The smallest absolute Gasteiger partial charge is 0.146 e. The van der Waals surface area contributed by atoms with E-state index in [4.69, 9.17) is 5.11 Å². The Morgan fingerprint density at radius 2 is 1.93 bits per heavy atom. The van der Waals surface area contributed by atoms with Gasteiger partial charge in [-0.05, 0) is 37.5 Å². The summed E-state index contributed by atoms with van der Waals surface area (Å²) in [5.41, 5.74) is 0.194. The molecule has 1 aromatic carbocycles. The average molecular weight is 215 g/mol. The summed E-state index contributed by atoms with van der Waals surface area (Å²) in [6.07, 6.45) is 2.45. The molecule has 0 spiro atoms. The van der Waals surface area contributed by atoms with Crippen LogP contribution in [0, 0.1) is 11.6 Å². The molecule has 15 heavy (non-hydrogen) atoms. The zero-order valence-corrected chi connectivity index (χ0v) is 8.47. The molecule has 0 saturated carbocycles. The Kier molecular flexibility index (Phi) is 5.04. The molecular formula is C11H15F2NO. The van der Waals surface area contributed by atoms with Gasteiger partial charge in [-0.1, -0.05) is 0 Å². The van der Waals surface area contributed by atoms with E-state index in [0.717, 1.165) is 37.5 Å². The number of anilines is 1.